The number of fused-ring (bicyclic) bond motifs is 1. The van der Waals surface area contributed by atoms with Gasteiger partial charge in [-0.15, -0.1) is 0 Å². The maximum Gasteiger partial charge on any atom is 0.332 e. The van der Waals surface area contributed by atoms with E-state index in [1.54, 1.807) is 7.05 Å². The molecule has 0 spiro atoms. The average molecular weight is 248 g/mol. The highest BCUT2D eigenvalue weighted by Gasteiger charge is 2.12. The van der Waals surface area contributed by atoms with Crippen molar-refractivity contribution in [2.75, 3.05) is 0 Å². The Kier molecular flexibility index (Phi) is 3.18. The van der Waals surface area contributed by atoms with Crippen LogP contribution >= 0.6 is 0 Å². The van der Waals surface area contributed by atoms with Crippen LogP contribution < -0.4 is 11.2 Å². The molecule has 2 aromatic heterocycles. The Morgan fingerprint density at radius 3 is 2.67 bits per heavy atom. The predicted molar refractivity (Wildman–Crippen MR) is 69.7 cm³/mol. The zero-order valence-corrected chi connectivity index (χ0v) is 10.7. The first-order chi connectivity index (χ1) is 8.56. The minimum absolute atomic E-state index is 0.335. The quantitative estimate of drug-likeness (QED) is 0.802. The first-order valence-electron chi connectivity index (χ1n) is 5.82. The molecule has 0 unspecified atom stereocenters. The SMILES string of the molecule is CC=CCCc1nc2c([nH]1)c(=O)n(C)c(=O)n2C. The molecule has 0 atom stereocenters. The van der Waals surface area contributed by atoms with Gasteiger partial charge in [0.1, 0.15) is 11.3 Å². The molecule has 0 amide bonds. The van der Waals surface area contributed by atoms with Gasteiger partial charge in [0.2, 0.25) is 0 Å². The van der Waals surface area contributed by atoms with Gasteiger partial charge in [0.15, 0.2) is 5.65 Å². The fourth-order valence-electron chi connectivity index (χ4n) is 1.88. The molecule has 6 heteroatoms. The molecule has 2 aromatic rings. The van der Waals surface area contributed by atoms with E-state index in [-0.39, 0.29) is 11.2 Å². The van der Waals surface area contributed by atoms with Crippen molar-refractivity contribution in [3.8, 4) is 0 Å². The summed E-state index contributed by atoms with van der Waals surface area (Å²) in [5, 5.41) is 0. The van der Waals surface area contributed by atoms with Crippen LogP contribution in [0.15, 0.2) is 21.7 Å². The number of rotatable bonds is 3. The van der Waals surface area contributed by atoms with Crippen molar-refractivity contribution in [3.63, 3.8) is 0 Å². The summed E-state index contributed by atoms with van der Waals surface area (Å²) < 4.78 is 2.46. The first kappa shape index (κ1) is 12.3. The number of imidazole rings is 1. The van der Waals surface area contributed by atoms with E-state index in [0.29, 0.717) is 11.2 Å². The van der Waals surface area contributed by atoms with Gasteiger partial charge in [-0.3, -0.25) is 13.9 Å². The van der Waals surface area contributed by atoms with E-state index in [1.165, 1.54) is 11.6 Å². The second-order valence-electron chi connectivity index (χ2n) is 4.20. The largest absolute Gasteiger partial charge is 0.336 e. The summed E-state index contributed by atoms with van der Waals surface area (Å²) in [4.78, 5) is 30.9. The van der Waals surface area contributed by atoms with Crippen molar-refractivity contribution >= 4 is 11.2 Å². The standard InChI is InChI=1S/C12H16N4O2/c1-4-5-6-7-8-13-9-10(14-8)15(2)12(18)16(3)11(9)17/h4-5H,6-7H2,1-3H3,(H,13,14). The van der Waals surface area contributed by atoms with Crippen LogP contribution in [0.25, 0.3) is 11.2 Å². The zero-order chi connectivity index (χ0) is 13.3. The van der Waals surface area contributed by atoms with Crippen LogP contribution in [0.1, 0.15) is 19.2 Å². The van der Waals surface area contributed by atoms with Gasteiger partial charge in [0.25, 0.3) is 5.56 Å². The van der Waals surface area contributed by atoms with E-state index in [9.17, 15) is 9.59 Å². The molecule has 0 fully saturated rings. The van der Waals surface area contributed by atoms with Gasteiger partial charge >= 0.3 is 5.69 Å². The lowest BCUT2D eigenvalue weighted by Gasteiger charge is -2.00. The van der Waals surface area contributed by atoms with Crippen LogP contribution in [-0.4, -0.2) is 19.1 Å². The van der Waals surface area contributed by atoms with E-state index in [0.717, 1.165) is 23.2 Å². The number of aromatic amines is 1. The molecule has 0 radical (unpaired) electrons. The summed E-state index contributed by atoms with van der Waals surface area (Å²) in [6, 6.07) is 0. The van der Waals surface area contributed by atoms with E-state index >= 15 is 0 Å². The second kappa shape index (κ2) is 4.64. The minimum atomic E-state index is -0.362. The zero-order valence-electron chi connectivity index (χ0n) is 10.7. The molecular formula is C12H16N4O2. The number of hydrogen-bond donors (Lipinski definition) is 1. The summed E-state index contributed by atoms with van der Waals surface area (Å²) in [6.45, 7) is 1.96. The third-order valence-electron chi connectivity index (χ3n) is 2.93. The third-order valence-corrected chi connectivity index (χ3v) is 2.93. The Morgan fingerprint density at radius 1 is 1.28 bits per heavy atom. The number of hydrogen-bond acceptors (Lipinski definition) is 3. The Morgan fingerprint density at radius 2 is 2.00 bits per heavy atom. The summed E-state index contributed by atoms with van der Waals surface area (Å²) in [7, 11) is 3.07. The van der Waals surface area contributed by atoms with Gasteiger partial charge in [-0.2, -0.15) is 0 Å². The number of H-pyrrole nitrogens is 1. The highest BCUT2D eigenvalue weighted by Crippen LogP contribution is 2.06. The number of allylic oxidation sites excluding steroid dienone is 2. The Balaban J connectivity index is 2.58. The lowest BCUT2D eigenvalue weighted by atomic mass is 10.3. The highest BCUT2D eigenvalue weighted by atomic mass is 16.2. The molecule has 0 aliphatic carbocycles. The first-order valence-corrected chi connectivity index (χ1v) is 5.82. The van der Waals surface area contributed by atoms with Crippen LogP contribution in [0, 0.1) is 0 Å². The van der Waals surface area contributed by atoms with Crippen LogP contribution in [-0.2, 0) is 20.5 Å². The third kappa shape index (κ3) is 1.90. The Bertz CT molecular complexity index is 718. The van der Waals surface area contributed by atoms with Crippen molar-refractivity contribution in [1.82, 2.24) is 19.1 Å². The molecule has 18 heavy (non-hydrogen) atoms. The van der Waals surface area contributed by atoms with Gasteiger partial charge in [-0.05, 0) is 13.3 Å². The minimum Gasteiger partial charge on any atom is -0.336 e. The van der Waals surface area contributed by atoms with Crippen molar-refractivity contribution < 1.29 is 0 Å². The summed E-state index contributed by atoms with van der Waals surface area (Å²) in [5.74, 6) is 0.724. The number of aryl methyl sites for hydroxylation is 2. The molecule has 1 N–H and O–H groups in total. The van der Waals surface area contributed by atoms with Crippen LogP contribution in [0.5, 0.6) is 0 Å². The van der Waals surface area contributed by atoms with Gasteiger partial charge in [-0.1, -0.05) is 12.2 Å². The molecule has 0 aliphatic rings. The maximum absolute atomic E-state index is 11.9. The monoisotopic (exact) mass is 248 g/mol. The van der Waals surface area contributed by atoms with Crippen LogP contribution in [0.2, 0.25) is 0 Å². The predicted octanol–water partition coefficient (Wildman–Crippen LogP) is 0.469. The molecule has 0 aliphatic heterocycles. The molecule has 0 saturated carbocycles. The molecule has 0 saturated heterocycles. The van der Waals surface area contributed by atoms with Crippen molar-refractivity contribution in [2.45, 2.75) is 19.8 Å². The summed E-state index contributed by atoms with van der Waals surface area (Å²) in [6.07, 6.45) is 5.57. The number of nitrogens with one attached hydrogen (secondary N) is 1. The molecule has 96 valence electrons. The number of nitrogens with zero attached hydrogens (tertiary/aromatic N) is 3. The molecule has 2 rings (SSSR count). The van der Waals surface area contributed by atoms with Crippen LogP contribution in [0.4, 0.5) is 0 Å². The molecule has 6 nitrogen and oxygen atoms in total. The molecule has 2 heterocycles. The second-order valence-corrected chi connectivity index (χ2v) is 4.20. The van der Waals surface area contributed by atoms with E-state index in [1.807, 2.05) is 19.1 Å². The van der Waals surface area contributed by atoms with E-state index < -0.39 is 0 Å². The van der Waals surface area contributed by atoms with Gasteiger partial charge in [0, 0.05) is 20.5 Å². The fraction of sp³-hybridized carbons (Fsp3) is 0.417. The highest BCUT2D eigenvalue weighted by molar-refractivity contribution is 5.69. The van der Waals surface area contributed by atoms with Crippen molar-refractivity contribution in [3.05, 3.63) is 38.8 Å². The smallest absolute Gasteiger partial charge is 0.332 e. The maximum atomic E-state index is 11.9. The van der Waals surface area contributed by atoms with Crippen LogP contribution in [0.3, 0.4) is 0 Å². The lowest BCUT2D eigenvalue weighted by molar-refractivity contribution is 0.708. The van der Waals surface area contributed by atoms with E-state index in [2.05, 4.69) is 9.97 Å². The van der Waals surface area contributed by atoms with Gasteiger partial charge in [-0.25, -0.2) is 9.78 Å². The topological polar surface area (TPSA) is 72.7 Å². The average Bonchev–Trinajstić information content (AvgIpc) is 2.78. The summed E-state index contributed by atoms with van der Waals surface area (Å²) >= 11 is 0. The Labute approximate surface area is 104 Å². The molecular weight excluding hydrogens is 232 g/mol. The van der Waals surface area contributed by atoms with Gasteiger partial charge in [0.05, 0.1) is 0 Å². The van der Waals surface area contributed by atoms with Crippen molar-refractivity contribution in [2.24, 2.45) is 14.1 Å². The molecule has 0 bridgehead atoms. The van der Waals surface area contributed by atoms with Crippen molar-refractivity contribution in [1.29, 1.82) is 0 Å². The van der Waals surface area contributed by atoms with E-state index in [4.69, 9.17) is 0 Å². The Hall–Kier alpha value is -2.11. The number of aromatic nitrogens is 4. The fourth-order valence-corrected chi connectivity index (χ4v) is 1.88. The lowest BCUT2D eigenvalue weighted by Crippen LogP contribution is -2.36. The summed E-state index contributed by atoms with van der Waals surface area (Å²) in [5.41, 5.74) is 0.102. The molecule has 0 aromatic carbocycles. The normalized spacial score (nSPS) is 11.7. The van der Waals surface area contributed by atoms with Gasteiger partial charge < -0.3 is 4.98 Å².